The molecule has 178 valence electrons. The van der Waals surface area contributed by atoms with E-state index >= 15 is 0 Å². The van der Waals surface area contributed by atoms with Crippen LogP contribution in [0.1, 0.15) is 23.6 Å². The standard InChI is InChI=1S/C27H28Cl2N2O2S/c1-2-30-27(33)25(16-20-8-4-3-5-9-20)31(17-21-10-6-12-23(28)14-21)26(32)19-34-18-22-11-7-13-24(29)15-22/h3-15,25H,2,16-19H2,1H3,(H,30,33)/t25-/m0/s1. The van der Waals surface area contributed by atoms with Crippen LogP contribution < -0.4 is 5.32 Å². The Hall–Kier alpha value is -2.47. The summed E-state index contributed by atoms with van der Waals surface area (Å²) in [6, 6.07) is 24.1. The fourth-order valence-corrected chi connectivity index (χ4v) is 4.93. The molecule has 0 spiro atoms. The van der Waals surface area contributed by atoms with Crippen LogP contribution in [0.5, 0.6) is 0 Å². The maximum Gasteiger partial charge on any atom is 0.243 e. The molecule has 0 fully saturated rings. The predicted octanol–water partition coefficient (Wildman–Crippen LogP) is 6.00. The summed E-state index contributed by atoms with van der Waals surface area (Å²) in [6.07, 6.45) is 0.429. The van der Waals surface area contributed by atoms with E-state index in [4.69, 9.17) is 23.2 Å². The van der Waals surface area contributed by atoms with Gasteiger partial charge < -0.3 is 10.2 Å². The molecule has 4 nitrogen and oxygen atoms in total. The maximum atomic E-state index is 13.5. The van der Waals surface area contributed by atoms with Gasteiger partial charge in [0.15, 0.2) is 0 Å². The molecule has 3 rings (SSSR count). The van der Waals surface area contributed by atoms with Gasteiger partial charge in [-0.05, 0) is 47.9 Å². The van der Waals surface area contributed by atoms with Gasteiger partial charge in [0, 0.05) is 35.3 Å². The van der Waals surface area contributed by atoms with Gasteiger partial charge in [-0.25, -0.2) is 0 Å². The van der Waals surface area contributed by atoms with Crippen LogP contribution >= 0.6 is 35.0 Å². The number of rotatable bonds is 11. The molecule has 0 aliphatic carbocycles. The van der Waals surface area contributed by atoms with E-state index in [0.29, 0.717) is 35.3 Å². The van der Waals surface area contributed by atoms with Crippen molar-refractivity contribution in [3.05, 3.63) is 106 Å². The summed E-state index contributed by atoms with van der Waals surface area (Å²) in [6.45, 7) is 2.67. The van der Waals surface area contributed by atoms with E-state index in [-0.39, 0.29) is 17.6 Å². The molecule has 1 N–H and O–H groups in total. The number of hydrogen-bond acceptors (Lipinski definition) is 3. The zero-order valence-electron chi connectivity index (χ0n) is 19.0. The molecule has 0 bridgehead atoms. The molecule has 0 aromatic heterocycles. The molecule has 2 amide bonds. The molecule has 0 radical (unpaired) electrons. The Morgan fingerprint density at radius 2 is 1.50 bits per heavy atom. The number of benzene rings is 3. The van der Waals surface area contributed by atoms with Crippen LogP contribution in [0.4, 0.5) is 0 Å². The van der Waals surface area contributed by atoms with Gasteiger partial charge in [0.25, 0.3) is 0 Å². The first-order valence-corrected chi connectivity index (χ1v) is 13.0. The number of hydrogen-bond donors (Lipinski definition) is 1. The Morgan fingerprint density at radius 3 is 2.15 bits per heavy atom. The van der Waals surface area contributed by atoms with Gasteiger partial charge in [-0.2, -0.15) is 0 Å². The number of amides is 2. The quantitative estimate of drug-likeness (QED) is 0.341. The highest BCUT2D eigenvalue weighted by Crippen LogP contribution is 2.21. The lowest BCUT2D eigenvalue weighted by molar-refractivity contribution is -0.139. The first-order valence-electron chi connectivity index (χ1n) is 11.1. The van der Waals surface area contributed by atoms with Crippen molar-refractivity contribution in [2.75, 3.05) is 12.3 Å². The van der Waals surface area contributed by atoms with Crippen molar-refractivity contribution in [3.63, 3.8) is 0 Å². The summed E-state index contributed by atoms with van der Waals surface area (Å²) in [5.74, 6) is 0.639. The lowest BCUT2D eigenvalue weighted by atomic mass is 10.0. The summed E-state index contributed by atoms with van der Waals surface area (Å²) in [4.78, 5) is 28.3. The maximum absolute atomic E-state index is 13.5. The first kappa shape index (κ1) is 26.1. The molecule has 0 unspecified atom stereocenters. The highest BCUT2D eigenvalue weighted by molar-refractivity contribution is 7.99. The number of nitrogens with one attached hydrogen (secondary N) is 1. The van der Waals surface area contributed by atoms with E-state index < -0.39 is 6.04 Å². The minimum Gasteiger partial charge on any atom is -0.355 e. The zero-order chi connectivity index (χ0) is 24.3. The third-order valence-electron chi connectivity index (χ3n) is 5.25. The van der Waals surface area contributed by atoms with Crippen LogP contribution in [-0.2, 0) is 28.3 Å². The number of carbonyl (C=O) groups is 2. The van der Waals surface area contributed by atoms with E-state index in [1.165, 1.54) is 11.8 Å². The van der Waals surface area contributed by atoms with Crippen molar-refractivity contribution >= 4 is 46.8 Å². The first-order chi connectivity index (χ1) is 16.5. The summed E-state index contributed by atoms with van der Waals surface area (Å²) in [7, 11) is 0. The van der Waals surface area contributed by atoms with E-state index in [9.17, 15) is 9.59 Å². The Kier molecular flexibility index (Phi) is 10.3. The summed E-state index contributed by atoms with van der Waals surface area (Å²) in [5.41, 5.74) is 2.92. The van der Waals surface area contributed by atoms with Crippen molar-refractivity contribution in [2.24, 2.45) is 0 Å². The Morgan fingerprint density at radius 1 is 0.882 bits per heavy atom. The highest BCUT2D eigenvalue weighted by Gasteiger charge is 2.30. The van der Waals surface area contributed by atoms with Crippen molar-refractivity contribution in [1.82, 2.24) is 10.2 Å². The van der Waals surface area contributed by atoms with Gasteiger partial charge in [0.1, 0.15) is 6.04 Å². The summed E-state index contributed by atoms with van der Waals surface area (Å²) < 4.78 is 0. The molecule has 3 aromatic rings. The monoisotopic (exact) mass is 514 g/mol. The minimum atomic E-state index is -0.638. The fourth-order valence-electron chi connectivity index (χ4n) is 3.64. The molecule has 34 heavy (non-hydrogen) atoms. The molecule has 0 saturated heterocycles. The van der Waals surface area contributed by atoms with Crippen LogP contribution in [0.25, 0.3) is 0 Å². The molecule has 3 aromatic carbocycles. The fraction of sp³-hybridized carbons (Fsp3) is 0.259. The van der Waals surface area contributed by atoms with Crippen molar-refractivity contribution in [1.29, 1.82) is 0 Å². The summed E-state index contributed by atoms with van der Waals surface area (Å²) in [5, 5.41) is 4.17. The van der Waals surface area contributed by atoms with Gasteiger partial charge in [0.2, 0.25) is 11.8 Å². The Balaban J connectivity index is 1.82. The SMILES string of the molecule is CCNC(=O)[C@H](Cc1ccccc1)N(Cc1cccc(Cl)c1)C(=O)CSCc1cccc(Cl)c1. The van der Waals surface area contributed by atoms with E-state index in [0.717, 1.165) is 16.7 Å². The second kappa shape index (κ2) is 13.4. The van der Waals surface area contributed by atoms with Gasteiger partial charge in [-0.3, -0.25) is 9.59 Å². The van der Waals surface area contributed by atoms with Crippen molar-refractivity contribution in [2.45, 2.75) is 31.7 Å². The van der Waals surface area contributed by atoms with E-state index in [1.54, 1.807) is 11.0 Å². The molecule has 1 atom stereocenters. The largest absolute Gasteiger partial charge is 0.355 e. The van der Waals surface area contributed by atoms with Gasteiger partial charge in [0.05, 0.1) is 5.75 Å². The molecule has 0 saturated carbocycles. The number of nitrogens with zero attached hydrogens (tertiary/aromatic N) is 1. The third kappa shape index (κ3) is 8.08. The van der Waals surface area contributed by atoms with Crippen molar-refractivity contribution in [3.8, 4) is 0 Å². The average molecular weight is 516 g/mol. The highest BCUT2D eigenvalue weighted by atomic mass is 35.5. The third-order valence-corrected chi connectivity index (χ3v) is 6.71. The number of likely N-dealkylation sites (N-methyl/N-ethyl adjacent to an activating group) is 1. The number of carbonyl (C=O) groups excluding carboxylic acids is 2. The van der Waals surface area contributed by atoms with Crippen LogP contribution in [0, 0.1) is 0 Å². The second-order valence-corrected chi connectivity index (χ2v) is 9.73. The van der Waals surface area contributed by atoms with E-state index in [1.807, 2.05) is 79.7 Å². The van der Waals surface area contributed by atoms with Crippen LogP contribution in [-0.4, -0.2) is 35.1 Å². The topological polar surface area (TPSA) is 49.4 Å². The molecular formula is C27H28Cl2N2O2S. The smallest absolute Gasteiger partial charge is 0.243 e. The normalized spacial score (nSPS) is 11.6. The molecule has 0 heterocycles. The lowest BCUT2D eigenvalue weighted by Gasteiger charge is -2.31. The second-order valence-electron chi connectivity index (χ2n) is 7.87. The van der Waals surface area contributed by atoms with Crippen LogP contribution in [0.2, 0.25) is 10.0 Å². The molecule has 0 aliphatic rings. The minimum absolute atomic E-state index is 0.0980. The number of thioether (sulfide) groups is 1. The van der Waals surface area contributed by atoms with Crippen LogP contribution in [0.3, 0.4) is 0 Å². The lowest BCUT2D eigenvalue weighted by Crippen LogP contribution is -2.51. The van der Waals surface area contributed by atoms with Crippen molar-refractivity contribution < 1.29 is 9.59 Å². The summed E-state index contributed by atoms with van der Waals surface area (Å²) >= 11 is 13.8. The Labute approximate surface area is 215 Å². The van der Waals surface area contributed by atoms with E-state index in [2.05, 4.69) is 5.32 Å². The van der Waals surface area contributed by atoms with Gasteiger partial charge in [-0.1, -0.05) is 77.8 Å². The Bertz CT molecular complexity index is 1090. The number of halogens is 2. The zero-order valence-corrected chi connectivity index (χ0v) is 21.4. The van der Waals surface area contributed by atoms with Gasteiger partial charge >= 0.3 is 0 Å². The molecule has 7 heteroatoms. The predicted molar refractivity (Wildman–Crippen MR) is 142 cm³/mol. The molecular weight excluding hydrogens is 487 g/mol. The van der Waals surface area contributed by atoms with Gasteiger partial charge in [-0.15, -0.1) is 11.8 Å². The molecule has 0 aliphatic heterocycles. The van der Waals surface area contributed by atoms with Crippen LogP contribution in [0.15, 0.2) is 78.9 Å². The average Bonchev–Trinajstić information content (AvgIpc) is 2.82.